The van der Waals surface area contributed by atoms with Crippen molar-refractivity contribution in [2.24, 2.45) is 5.73 Å². The van der Waals surface area contributed by atoms with Gasteiger partial charge in [-0.05, 0) is 18.2 Å². The van der Waals surface area contributed by atoms with Crippen LogP contribution in [0, 0.1) is 5.82 Å². The van der Waals surface area contributed by atoms with E-state index in [0.717, 1.165) is 18.2 Å². The van der Waals surface area contributed by atoms with Crippen molar-refractivity contribution >= 4 is 11.8 Å². The molecule has 0 aliphatic heterocycles. The van der Waals surface area contributed by atoms with Crippen LogP contribution in [-0.2, 0) is 4.79 Å². The molecule has 1 aromatic carbocycles. The maximum Gasteiger partial charge on any atom is 0.255 e. The molecule has 1 rings (SSSR count). The predicted octanol–water partition coefficient (Wildman–Crippen LogP) is -0.893. The Hall–Kier alpha value is -2.15. The highest BCUT2D eigenvalue weighted by Gasteiger charge is 2.15. The summed E-state index contributed by atoms with van der Waals surface area (Å²) >= 11 is 0. The van der Waals surface area contributed by atoms with Gasteiger partial charge in [0.15, 0.2) is 0 Å². The lowest BCUT2D eigenvalue weighted by Crippen LogP contribution is -2.40. The summed E-state index contributed by atoms with van der Waals surface area (Å²) < 4.78 is 12.8. The number of benzene rings is 1. The zero-order valence-electron chi connectivity index (χ0n) is 8.68. The minimum atomic E-state index is -1.53. The summed E-state index contributed by atoms with van der Waals surface area (Å²) in [5, 5.41) is 20.5. The van der Waals surface area contributed by atoms with Crippen LogP contribution in [0.4, 0.5) is 4.39 Å². The number of carbonyl (C=O) groups excluding carboxylic acids is 2. The van der Waals surface area contributed by atoms with E-state index in [-0.39, 0.29) is 5.56 Å². The van der Waals surface area contributed by atoms with Crippen LogP contribution in [0.1, 0.15) is 10.4 Å². The molecular weight excluding hydrogens is 231 g/mol. The van der Waals surface area contributed by atoms with Crippen molar-refractivity contribution in [2.75, 3.05) is 6.54 Å². The molecule has 0 heterocycles. The molecule has 1 atom stereocenters. The number of aromatic hydroxyl groups is 1. The van der Waals surface area contributed by atoms with Gasteiger partial charge in [0.2, 0.25) is 5.91 Å². The van der Waals surface area contributed by atoms with Crippen molar-refractivity contribution in [3.05, 3.63) is 29.6 Å². The van der Waals surface area contributed by atoms with Crippen molar-refractivity contribution in [3.63, 3.8) is 0 Å². The third kappa shape index (κ3) is 3.42. The fraction of sp³-hybridized carbons (Fsp3) is 0.200. The van der Waals surface area contributed by atoms with Crippen LogP contribution < -0.4 is 11.1 Å². The summed E-state index contributed by atoms with van der Waals surface area (Å²) in [5.41, 5.74) is 4.48. The Morgan fingerprint density at radius 3 is 2.71 bits per heavy atom. The van der Waals surface area contributed by atoms with Crippen LogP contribution >= 0.6 is 0 Å². The standard InChI is InChI=1S/C10H11FN2O4/c11-5-1-2-7(14)6(3-5)10(17)13-4-8(15)9(12)16/h1-3,8,14-15H,4H2,(H2,12,16)(H,13,17). The molecule has 1 unspecified atom stereocenters. The second-order valence-corrected chi connectivity index (χ2v) is 3.29. The molecular formula is C10H11FN2O4. The van der Waals surface area contributed by atoms with Crippen LogP contribution in [0.25, 0.3) is 0 Å². The second-order valence-electron chi connectivity index (χ2n) is 3.29. The van der Waals surface area contributed by atoms with Crippen molar-refractivity contribution in [1.29, 1.82) is 0 Å². The van der Waals surface area contributed by atoms with E-state index in [1.54, 1.807) is 0 Å². The first-order valence-electron chi connectivity index (χ1n) is 4.66. The first-order chi connectivity index (χ1) is 7.91. The van der Waals surface area contributed by atoms with Crippen LogP contribution in [-0.4, -0.2) is 34.7 Å². The number of rotatable bonds is 4. The van der Waals surface area contributed by atoms with Crippen LogP contribution in [0.15, 0.2) is 18.2 Å². The Labute approximate surface area is 95.9 Å². The average molecular weight is 242 g/mol. The number of aliphatic hydroxyl groups is 1. The summed E-state index contributed by atoms with van der Waals surface area (Å²) in [4.78, 5) is 21.9. The molecule has 0 spiro atoms. The Bertz CT molecular complexity index is 450. The van der Waals surface area contributed by atoms with Gasteiger partial charge >= 0.3 is 0 Å². The molecule has 92 valence electrons. The van der Waals surface area contributed by atoms with E-state index in [9.17, 15) is 19.1 Å². The molecule has 6 nitrogen and oxygen atoms in total. The molecule has 0 saturated carbocycles. The largest absolute Gasteiger partial charge is 0.507 e. The van der Waals surface area contributed by atoms with Gasteiger partial charge in [0.25, 0.3) is 5.91 Å². The van der Waals surface area contributed by atoms with Crippen molar-refractivity contribution in [2.45, 2.75) is 6.10 Å². The zero-order valence-corrected chi connectivity index (χ0v) is 8.68. The smallest absolute Gasteiger partial charge is 0.255 e. The zero-order chi connectivity index (χ0) is 13.0. The number of carbonyl (C=O) groups is 2. The molecule has 0 aliphatic carbocycles. The summed E-state index contributed by atoms with van der Waals surface area (Å²) in [6, 6.07) is 2.85. The highest BCUT2D eigenvalue weighted by molar-refractivity contribution is 5.97. The number of primary amides is 1. The Kier molecular flexibility index (Phi) is 4.00. The number of hydrogen-bond donors (Lipinski definition) is 4. The number of nitrogens with one attached hydrogen (secondary N) is 1. The van der Waals surface area contributed by atoms with E-state index >= 15 is 0 Å². The molecule has 0 radical (unpaired) electrons. The first-order valence-corrected chi connectivity index (χ1v) is 4.66. The van der Waals surface area contributed by atoms with Gasteiger partial charge in [0, 0.05) is 0 Å². The van der Waals surface area contributed by atoms with Crippen molar-refractivity contribution < 1.29 is 24.2 Å². The van der Waals surface area contributed by atoms with E-state index in [4.69, 9.17) is 10.8 Å². The van der Waals surface area contributed by atoms with Gasteiger partial charge in [0.05, 0.1) is 12.1 Å². The number of phenols is 1. The minimum Gasteiger partial charge on any atom is -0.507 e. The van der Waals surface area contributed by atoms with Gasteiger partial charge in [-0.25, -0.2) is 4.39 Å². The molecule has 0 saturated heterocycles. The minimum absolute atomic E-state index is 0.290. The Morgan fingerprint density at radius 2 is 2.12 bits per heavy atom. The monoisotopic (exact) mass is 242 g/mol. The maximum absolute atomic E-state index is 12.8. The molecule has 7 heteroatoms. The topological polar surface area (TPSA) is 113 Å². The van der Waals surface area contributed by atoms with E-state index in [1.807, 2.05) is 0 Å². The fourth-order valence-corrected chi connectivity index (χ4v) is 1.08. The SMILES string of the molecule is NC(=O)C(O)CNC(=O)c1cc(F)ccc1O. The second kappa shape index (κ2) is 5.26. The number of nitrogens with two attached hydrogens (primary N) is 1. The number of amides is 2. The molecule has 0 fully saturated rings. The Balaban J connectivity index is 2.70. The number of halogens is 1. The van der Waals surface area contributed by atoms with E-state index in [0.29, 0.717) is 0 Å². The maximum atomic E-state index is 12.8. The molecule has 2 amide bonds. The summed E-state index contributed by atoms with van der Waals surface area (Å²) in [6.07, 6.45) is -1.53. The summed E-state index contributed by atoms with van der Waals surface area (Å²) in [7, 11) is 0. The lowest BCUT2D eigenvalue weighted by Gasteiger charge is -2.09. The van der Waals surface area contributed by atoms with Gasteiger partial charge < -0.3 is 21.3 Å². The molecule has 0 bridgehead atoms. The van der Waals surface area contributed by atoms with Crippen molar-refractivity contribution in [3.8, 4) is 5.75 Å². The predicted molar refractivity (Wildman–Crippen MR) is 55.6 cm³/mol. The molecule has 17 heavy (non-hydrogen) atoms. The average Bonchev–Trinajstić information content (AvgIpc) is 2.28. The Morgan fingerprint density at radius 1 is 1.47 bits per heavy atom. The van der Waals surface area contributed by atoms with Gasteiger partial charge in [0.1, 0.15) is 17.7 Å². The fourth-order valence-electron chi connectivity index (χ4n) is 1.08. The van der Waals surface area contributed by atoms with Gasteiger partial charge in [-0.15, -0.1) is 0 Å². The third-order valence-corrected chi connectivity index (χ3v) is 1.99. The number of aliphatic hydroxyl groups excluding tert-OH is 1. The van der Waals surface area contributed by atoms with E-state index < -0.39 is 36.0 Å². The summed E-state index contributed by atoms with van der Waals surface area (Å²) in [5.74, 6) is -2.91. The molecule has 5 N–H and O–H groups in total. The van der Waals surface area contributed by atoms with Gasteiger partial charge in [-0.3, -0.25) is 9.59 Å². The number of phenolic OH excluding ortho intramolecular Hbond substituents is 1. The van der Waals surface area contributed by atoms with Gasteiger partial charge in [-0.1, -0.05) is 0 Å². The van der Waals surface area contributed by atoms with Crippen molar-refractivity contribution in [1.82, 2.24) is 5.32 Å². The third-order valence-electron chi connectivity index (χ3n) is 1.99. The molecule has 0 aliphatic rings. The highest BCUT2D eigenvalue weighted by Crippen LogP contribution is 2.17. The highest BCUT2D eigenvalue weighted by atomic mass is 19.1. The van der Waals surface area contributed by atoms with Gasteiger partial charge in [-0.2, -0.15) is 0 Å². The normalized spacial score (nSPS) is 11.9. The van der Waals surface area contributed by atoms with Crippen LogP contribution in [0.2, 0.25) is 0 Å². The molecule has 1 aromatic rings. The van der Waals surface area contributed by atoms with E-state index in [2.05, 4.69) is 5.32 Å². The molecule has 0 aromatic heterocycles. The van der Waals surface area contributed by atoms with Crippen LogP contribution in [0.5, 0.6) is 5.75 Å². The first kappa shape index (κ1) is 12.9. The quantitative estimate of drug-likeness (QED) is 0.548. The lowest BCUT2D eigenvalue weighted by atomic mass is 10.2. The van der Waals surface area contributed by atoms with Crippen LogP contribution in [0.3, 0.4) is 0 Å². The lowest BCUT2D eigenvalue weighted by molar-refractivity contribution is -0.125. The van der Waals surface area contributed by atoms with E-state index in [1.165, 1.54) is 0 Å². The number of hydrogen-bond acceptors (Lipinski definition) is 4. The summed E-state index contributed by atoms with van der Waals surface area (Å²) in [6.45, 7) is -0.413.